The fourth-order valence-electron chi connectivity index (χ4n) is 2.24. The van der Waals surface area contributed by atoms with Gasteiger partial charge in [-0.25, -0.2) is 4.39 Å². The average Bonchev–Trinajstić information content (AvgIpc) is 2.35. The van der Waals surface area contributed by atoms with Crippen LogP contribution in [0.4, 0.5) is 10.1 Å². The van der Waals surface area contributed by atoms with Crippen LogP contribution in [0.2, 0.25) is 5.02 Å². The number of hydrogen-bond acceptors (Lipinski definition) is 1. The average molecular weight is 366 g/mol. The minimum absolute atomic E-state index is 0.305. The topological polar surface area (TPSA) is 24.1 Å². The summed E-state index contributed by atoms with van der Waals surface area (Å²) in [6.45, 7) is 0. The molecule has 0 saturated heterocycles. The van der Waals surface area contributed by atoms with E-state index < -0.39 is 0 Å². The molecule has 2 nitrogen and oxygen atoms in total. The Bertz CT molecular complexity index is 455. The Morgan fingerprint density at radius 2 is 2.00 bits per heavy atom. The van der Waals surface area contributed by atoms with Crippen molar-refractivity contribution in [3.05, 3.63) is 27.4 Å². The van der Waals surface area contributed by atoms with Gasteiger partial charge in [0.25, 0.3) is 0 Å². The molecule has 6 heteroatoms. The second-order valence-corrected chi connectivity index (χ2v) is 6.35. The van der Waals surface area contributed by atoms with E-state index in [0.717, 1.165) is 12.8 Å². The lowest BCUT2D eigenvalue weighted by atomic mass is 9.96. The normalized spacial score (nSPS) is 16.2. The SMILES string of the molecule is Fc1cc(Cl)c(NC(=S)NC2CCCCC2)c(Br)c1. The van der Waals surface area contributed by atoms with E-state index >= 15 is 0 Å². The zero-order valence-electron chi connectivity index (χ0n) is 10.3. The Kier molecular flexibility index (Phi) is 5.42. The number of benzene rings is 1. The number of hydrogen-bond donors (Lipinski definition) is 2. The summed E-state index contributed by atoms with van der Waals surface area (Å²) in [5.74, 6) is -0.381. The molecule has 0 spiro atoms. The Morgan fingerprint density at radius 3 is 2.63 bits per heavy atom. The highest BCUT2D eigenvalue weighted by Crippen LogP contribution is 2.31. The third-order valence-electron chi connectivity index (χ3n) is 3.19. The van der Waals surface area contributed by atoms with Gasteiger partial charge in [0.15, 0.2) is 5.11 Å². The summed E-state index contributed by atoms with van der Waals surface area (Å²) in [5.41, 5.74) is 0.594. The van der Waals surface area contributed by atoms with Crippen LogP contribution in [0.25, 0.3) is 0 Å². The molecule has 2 N–H and O–H groups in total. The van der Waals surface area contributed by atoms with Crippen molar-refractivity contribution in [1.29, 1.82) is 0 Å². The van der Waals surface area contributed by atoms with E-state index in [2.05, 4.69) is 26.6 Å². The van der Waals surface area contributed by atoms with Gasteiger partial charge in [-0.05, 0) is 53.1 Å². The largest absolute Gasteiger partial charge is 0.360 e. The van der Waals surface area contributed by atoms with Crippen LogP contribution in [0.3, 0.4) is 0 Å². The second-order valence-electron chi connectivity index (χ2n) is 4.68. The molecule has 0 amide bonds. The van der Waals surface area contributed by atoms with E-state index in [-0.39, 0.29) is 5.82 Å². The van der Waals surface area contributed by atoms with E-state index in [0.29, 0.717) is 26.3 Å². The van der Waals surface area contributed by atoms with Crippen molar-refractivity contribution < 1.29 is 4.39 Å². The predicted molar refractivity (Wildman–Crippen MR) is 85.3 cm³/mol. The van der Waals surface area contributed by atoms with Crippen LogP contribution in [-0.2, 0) is 0 Å². The van der Waals surface area contributed by atoms with E-state index in [4.69, 9.17) is 23.8 Å². The molecule has 0 bridgehead atoms. The lowest BCUT2D eigenvalue weighted by Crippen LogP contribution is -2.38. The van der Waals surface area contributed by atoms with Gasteiger partial charge in [-0.15, -0.1) is 0 Å². The van der Waals surface area contributed by atoms with Gasteiger partial charge in [0.2, 0.25) is 0 Å². The molecule has 0 heterocycles. The first kappa shape index (κ1) is 15.0. The number of thiocarbonyl (C=S) groups is 1. The maximum absolute atomic E-state index is 13.1. The molecule has 1 saturated carbocycles. The summed E-state index contributed by atoms with van der Waals surface area (Å²) in [6, 6.07) is 3.04. The summed E-state index contributed by atoms with van der Waals surface area (Å²) >= 11 is 14.6. The lowest BCUT2D eigenvalue weighted by molar-refractivity contribution is 0.415. The van der Waals surface area contributed by atoms with Crippen LogP contribution < -0.4 is 10.6 Å². The molecule has 0 aliphatic heterocycles. The summed E-state index contributed by atoms with van der Waals surface area (Å²) in [7, 11) is 0. The molecule has 1 fully saturated rings. The van der Waals surface area contributed by atoms with Crippen LogP contribution in [0.1, 0.15) is 32.1 Å². The number of anilines is 1. The smallest absolute Gasteiger partial charge is 0.171 e. The zero-order chi connectivity index (χ0) is 13.8. The highest BCUT2D eigenvalue weighted by Gasteiger charge is 2.15. The third-order valence-corrected chi connectivity index (χ3v) is 4.33. The summed E-state index contributed by atoms with van der Waals surface area (Å²) in [4.78, 5) is 0. The van der Waals surface area contributed by atoms with Gasteiger partial charge in [0.05, 0.1) is 10.7 Å². The minimum atomic E-state index is -0.381. The van der Waals surface area contributed by atoms with Crippen molar-refractivity contribution in [2.45, 2.75) is 38.1 Å². The third kappa shape index (κ3) is 4.29. The number of halogens is 3. The summed E-state index contributed by atoms with van der Waals surface area (Å²) < 4.78 is 13.7. The minimum Gasteiger partial charge on any atom is -0.360 e. The Hall–Kier alpha value is -0.390. The van der Waals surface area contributed by atoms with Gasteiger partial charge < -0.3 is 10.6 Å². The van der Waals surface area contributed by atoms with E-state index in [9.17, 15) is 4.39 Å². The van der Waals surface area contributed by atoms with Crippen molar-refractivity contribution in [2.75, 3.05) is 5.32 Å². The molecular weight excluding hydrogens is 351 g/mol. The molecule has 1 aliphatic carbocycles. The van der Waals surface area contributed by atoms with Gasteiger partial charge in [-0.3, -0.25) is 0 Å². The van der Waals surface area contributed by atoms with Crippen molar-refractivity contribution in [3.8, 4) is 0 Å². The summed E-state index contributed by atoms with van der Waals surface area (Å²) in [6.07, 6.45) is 6.05. The molecule has 0 aromatic heterocycles. The number of nitrogens with one attached hydrogen (secondary N) is 2. The summed E-state index contributed by atoms with van der Waals surface area (Å²) in [5, 5.41) is 7.15. The molecule has 0 atom stereocenters. The first-order valence-corrected chi connectivity index (χ1v) is 7.86. The fraction of sp³-hybridized carbons (Fsp3) is 0.462. The molecule has 0 unspecified atom stereocenters. The van der Waals surface area contributed by atoms with E-state index in [1.807, 2.05) is 0 Å². The Balaban J connectivity index is 1.98. The molecule has 104 valence electrons. The fourth-order valence-corrected chi connectivity index (χ4v) is 3.41. The van der Waals surface area contributed by atoms with Crippen molar-refractivity contribution in [1.82, 2.24) is 5.32 Å². The second kappa shape index (κ2) is 6.86. The van der Waals surface area contributed by atoms with Gasteiger partial charge in [-0.1, -0.05) is 30.9 Å². The van der Waals surface area contributed by atoms with Crippen molar-refractivity contribution in [2.24, 2.45) is 0 Å². The first-order chi connectivity index (χ1) is 9.06. The molecule has 1 aromatic rings. The zero-order valence-corrected chi connectivity index (χ0v) is 13.5. The van der Waals surface area contributed by atoms with Crippen molar-refractivity contribution in [3.63, 3.8) is 0 Å². The van der Waals surface area contributed by atoms with E-state index in [1.54, 1.807) is 0 Å². The van der Waals surface area contributed by atoms with E-state index in [1.165, 1.54) is 31.4 Å². The molecule has 1 aliphatic rings. The van der Waals surface area contributed by atoms with Crippen LogP contribution >= 0.6 is 39.7 Å². The molecule has 0 radical (unpaired) electrons. The highest BCUT2D eigenvalue weighted by molar-refractivity contribution is 9.10. The monoisotopic (exact) mass is 364 g/mol. The quantitative estimate of drug-likeness (QED) is 0.732. The molecular formula is C13H15BrClFN2S. The predicted octanol–water partition coefficient (Wildman–Crippen LogP) is 4.86. The highest BCUT2D eigenvalue weighted by atomic mass is 79.9. The van der Waals surface area contributed by atoms with Crippen LogP contribution in [0, 0.1) is 5.82 Å². The molecule has 1 aromatic carbocycles. The lowest BCUT2D eigenvalue weighted by Gasteiger charge is -2.24. The molecule has 19 heavy (non-hydrogen) atoms. The van der Waals surface area contributed by atoms with Crippen LogP contribution in [0.15, 0.2) is 16.6 Å². The van der Waals surface area contributed by atoms with Crippen LogP contribution in [0.5, 0.6) is 0 Å². The van der Waals surface area contributed by atoms with Crippen molar-refractivity contribution >= 4 is 50.5 Å². The van der Waals surface area contributed by atoms with Gasteiger partial charge in [0, 0.05) is 10.5 Å². The van der Waals surface area contributed by atoms with Crippen LogP contribution in [-0.4, -0.2) is 11.2 Å². The standard InChI is InChI=1S/C13H15BrClFN2S/c14-10-6-8(16)7-11(15)12(10)18-13(19)17-9-4-2-1-3-5-9/h6-7,9H,1-5H2,(H2,17,18,19). The number of rotatable bonds is 2. The first-order valence-electron chi connectivity index (χ1n) is 6.28. The van der Waals surface area contributed by atoms with Gasteiger partial charge in [0.1, 0.15) is 5.82 Å². The Labute approximate surface area is 131 Å². The van der Waals surface area contributed by atoms with Gasteiger partial charge >= 0.3 is 0 Å². The van der Waals surface area contributed by atoms with Gasteiger partial charge in [-0.2, -0.15) is 0 Å². The molecule has 2 rings (SSSR count). The maximum atomic E-state index is 13.1. The Morgan fingerprint density at radius 1 is 1.32 bits per heavy atom. The maximum Gasteiger partial charge on any atom is 0.171 e.